The van der Waals surface area contributed by atoms with Crippen molar-refractivity contribution in [3.05, 3.63) is 0 Å². The Morgan fingerprint density at radius 2 is 2.00 bits per heavy atom. The van der Waals surface area contributed by atoms with Gasteiger partial charge in [0.15, 0.2) is 0 Å². The van der Waals surface area contributed by atoms with Gasteiger partial charge in [-0.25, -0.2) is 0 Å². The normalized spacial score (nSPS) is 24.9. The molecule has 1 fully saturated rings. The summed E-state index contributed by atoms with van der Waals surface area (Å²) in [5, 5.41) is 0. The lowest BCUT2D eigenvalue weighted by atomic mass is 9.80. The van der Waals surface area contributed by atoms with Crippen molar-refractivity contribution >= 4 is 5.97 Å². The van der Waals surface area contributed by atoms with Crippen LogP contribution in [-0.2, 0) is 9.53 Å². The SMILES string of the molecule is COC(=O)C(C)(N)CCN1CCC(C(C)(C)C)C1. The Labute approximate surface area is 111 Å². The molecule has 0 amide bonds. The third kappa shape index (κ3) is 3.95. The molecular weight excluding hydrogens is 228 g/mol. The van der Waals surface area contributed by atoms with Gasteiger partial charge in [0.2, 0.25) is 0 Å². The molecule has 0 radical (unpaired) electrons. The molecule has 0 saturated carbocycles. The van der Waals surface area contributed by atoms with Crippen molar-refractivity contribution in [3.8, 4) is 0 Å². The molecule has 2 atom stereocenters. The third-order valence-corrected chi connectivity index (χ3v) is 4.10. The monoisotopic (exact) mass is 256 g/mol. The number of hydrogen-bond acceptors (Lipinski definition) is 4. The summed E-state index contributed by atoms with van der Waals surface area (Å²) in [5.74, 6) is 0.411. The van der Waals surface area contributed by atoms with E-state index in [1.807, 2.05) is 0 Å². The Bertz CT molecular complexity index is 295. The van der Waals surface area contributed by atoms with Crippen LogP contribution in [0.4, 0.5) is 0 Å². The summed E-state index contributed by atoms with van der Waals surface area (Å²) in [6.45, 7) is 11.7. The molecule has 2 unspecified atom stereocenters. The summed E-state index contributed by atoms with van der Waals surface area (Å²) in [6, 6.07) is 0. The van der Waals surface area contributed by atoms with Crippen molar-refractivity contribution in [2.24, 2.45) is 17.1 Å². The van der Waals surface area contributed by atoms with Crippen LogP contribution in [0.1, 0.15) is 40.5 Å². The van der Waals surface area contributed by atoms with Crippen LogP contribution in [0, 0.1) is 11.3 Å². The molecule has 1 heterocycles. The second-order valence-electron chi connectivity index (χ2n) is 6.81. The van der Waals surface area contributed by atoms with Crippen LogP contribution in [0.25, 0.3) is 0 Å². The van der Waals surface area contributed by atoms with Crippen LogP contribution in [0.15, 0.2) is 0 Å². The van der Waals surface area contributed by atoms with Crippen LogP contribution >= 0.6 is 0 Å². The van der Waals surface area contributed by atoms with E-state index in [-0.39, 0.29) is 5.97 Å². The van der Waals surface area contributed by atoms with Crippen molar-refractivity contribution in [1.82, 2.24) is 4.90 Å². The van der Waals surface area contributed by atoms with Gasteiger partial charge in [-0.2, -0.15) is 0 Å². The van der Waals surface area contributed by atoms with E-state index in [0.717, 1.165) is 25.6 Å². The van der Waals surface area contributed by atoms with Crippen molar-refractivity contribution in [2.45, 2.75) is 46.1 Å². The zero-order chi connectivity index (χ0) is 14.0. The van der Waals surface area contributed by atoms with E-state index in [2.05, 4.69) is 25.7 Å². The van der Waals surface area contributed by atoms with Gasteiger partial charge in [-0.3, -0.25) is 4.79 Å². The molecule has 0 aromatic rings. The van der Waals surface area contributed by atoms with Gasteiger partial charge in [-0.1, -0.05) is 20.8 Å². The lowest BCUT2D eigenvalue weighted by molar-refractivity contribution is -0.146. The first-order valence-corrected chi connectivity index (χ1v) is 6.76. The number of hydrogen-bond donors (Lipinski definition) is 1. The number of likely N-dealkylation sites (tertiary alicyclic amines) is 1. The molecule has 4 nitrogen and oxygen atoms in total. The van der Waals surface area contributed by atoms with Gasteiger partial charge in [-0.05, 0) is 37.6 Å². The van der Waals surface area contributed by atoms with E-state index in [4.69, 9.17) is 10.5 Å². The standard InChI is InChI=1S/C14H28N2O2/c1-13(2,3)11-6-8-16(10-11)9-7-14(4,15)12(17)18-5/h11H,6-10,15H2,1-5H3. The Balaban J connectivity index is 2.41. The fourth-order valence-electron chi connectivity index (χ4n) is 2.47. The first kappa shape index (κ1) is 15.4. The third-order valence-electron chi connectivity index (χ3n) is 4.10. The number of nitrogens with zero attached hydrogens (tertiary/aromatic N) is 1. The Kier molecular flexibility index (Phi) is 4.78. The molecule has 1 rings (SSSR count). The maximum Gasteiger partial charge on any atom is 0.325 e. The van der Waals surface area contributed by atoms with Gasteiger partial charge in [0.05, 0.1) is 7.11 Å². The molecule has 18 heavy (non-hydrogen) atoms. The number of methoxy groups -OCH3 is 1. The topological polar surface area (TPSA) is 55.6 Å². The van der Waals surface area contributed by atoms with Crippen LogP contribution in [0.3, 0.4) is 0 Å². The minimum Gasteiger partial charge on any atom is -0.468 e. The van der Waals surface area contributed by atoms with Crippen molar-refractivity contribution in [1.29, 1.82) is 0 Å². The van der Waals surface area contributed by atoms with Crippen LogP contribution in [-0.4, -0.2) is 43.2 Å². The zero-order valence-corrected chi connectivity index (χ0v) is 12.5. The number of ether oxygens (including phenoxy) is 1. The van der Waals surface area contributed by atoms with Crippen LogP contribution in [0.2, 0.25) is 0 Å². The van der Waals surface area contributed by atoms with E-state index < -0.39 is 5.54 Å². The predicted molar refractivity (Wildman–Crippen MR) is 73.2 cm³/mol. The zero-order valence-electron chi connectivity index (χ0n) is 12.5. The average Bonchev–Trinajstić information content (AvgIpc) is 2.73. The highest BCUT2D eigenvalue weighted by atomic mass is 16.5. The quantitative estimate of drug-likeness (QED) is 0.777. The largest absolute Gasteiger partial charge is 0.468 e. The second-order valence-corrected chi connectivity index (χ2v) is 6.81. The summed E-state index contributed by atoms with van der Waals surface area (Å²) in [7, 11) is 1.39. The summed E-state index contributed by atoms with van der Waals surface area (Å²) < 4.78 is 4.72. The number of carbonyl (C=O) groups excluding carboxylic acids is 1. The van der Waals surface area contributed by atoms with E-state index in [1.54, 1.807) is 6.92 Å². The number of rotatable bonds is 4. The lowest BCUT2D eigenvalue weighted by Crippen LogP contribution is -2.48. The highest BCUT2D eigenvalue weighted by Gasteiger charge is 2.34. The Morgan fingerprint density at radius 3 is 2.44 bits per heavy atom. The summed E-state index contributed by atoms with van der Waals surface area (Å²) in [6.07, 6.45) is 1.89. The van der Waals surface area contributed by atoms with E-state index in [0.29, 0.717) is 11.8 Å². The van der Waals surface area contributed by atoms with E-state index >= 15 is 0 Å². The van der Waals surface area contributed by atoms with Crippen molar-refractivity contribution in [3.63, 3.8) is 0 Å². The Hall–Kier alpha value is -0.610. The molecule has 0 aromatic carbocycles. The highest BCUT2D eigenvalue weighted by molar-refractivity contribution is 5.79. The summed E-state index contributed by atoms with van der Waals surface area (Å²) in [4.78, 5) is 13.9. The highest BCUT2D eigenvalue weighted by Crippen LogP contribution is 2.33. The molecule has 0 bridgehead atoms. The second kappa shape index (κ2) is 5.57. The molecule has 1 aliphatic heterocycles. The van der Waals surface area contributed by atoms with Gasteiger partial charge in [0.1, 0.15) is 5.54 Å². The van der Waals surface area contributed by atoms with Gasteiger partial charge in [-0.15, -0.1) is 0 Å². The number of esters is 1. The Morgan fingerprint density at radius 1 is 1.39 bits per heavy atom. The molecular formula is C14H28N2O2. The molecule has 4 heteroatoms. The molecule has 2 N–H and O–H groups in total. The van der Waals surface area contributed by atoms with Crippen molar-refractivity contribution < 1.29 is 9.53 Å². The minimum atomic E-state index is -0.866. The van der Waals surface area contributed by atoms with Gasteiger partial charge >= 0.3 is 5.97 Å². The fourth-order valence-corrected chi connectivity index (χ4v) is 2.47. The number of nitrogens with two attached hydrogens (primary N) is 1. The smallest absolute Gasteiger partial charge is 0.325 e. The molecule has 106 valence electrons. The molecule has 1 saturated heterocycles. The van der Waals surface area contributed by atoms with Gasteiger partial charge < -0.3 is 15.4 Å². The van der Waals surface area contributed by atoms with Crippen LogP contribution < -0.4 is 5.73 Å². The molecule has 0 aliphatic carbocycles. The van der Waals surface area contributed by atoms with Crippen LogP contribution in [0.5, 0.6) is 0 Å². The molecule has 0 aromatic heterocycles. The predicted octanol–water partition coefficient (Wildman–Crippen LogP) is 1.63. The molecule has 1 aliphatic rings. The maximum atomic E-state index is 11.5. The summed E-state index contributed by atoms with van der Waals surface area (Å²) >= 11 is 0. The van der Waals surface area contributed by atoms with E-state index in [1.165, 1.54) is 13.5 Å². The molecule has 0 spiro atoms. The first-order chi connectivity index (χ1) is 8.16. The minimum absolute atomic E-state index is 0.325. The fraction of sp³-hybridized carbons (Fsp3) is 0.929. The van der Waals surface area contributed by atoms with Gasteiger partial charge in [0, 0.05) is 13.1 Å². The summed E-state index contributed by atoms with van der Waals surface area (Å²) in [5.41, 5.74) is 5.47. The number of carbonyl (C=O) groups is 1. The van der Waals surface area contributed by atoms with E-state index in [9.17, 15) is 4.79 Å². The first-order valence-electron chi connectivity index (χ1n) is 6.76. The average molecular weight is 256 g/mol. The lowest BCUT2D eigenvalue weighted by Gasteiger charge is -2.28. The maximum absolute atomic E-state index is 11.5. The van der Waals surface area contributed by atoms with Crippen molar-refractivity contribution in [2.75, 3.05) is 26.7 Å². The van der Waals surface area contributed by atoms with Gasteiger partial charge in [0.25, 0.3) is 0 Å².